The van der Waals surface area contributed by atoms with Gasteiger partial charge in [0, 0.05) is 102 Å². The van der Waals surface area contributed by atoms with Crippen LogP contribution in [0.2, 0.25) is 0 Å². The number of nitrogens with one attached hydrogen (secondary N) is 11. The molecule has 18 rings (SSSR count). The van der Waals surface area contributed by atoms with Gasteiger partial charge in [0.15, 0.2) is 0 Å². The lowest BCUT2D eigenvalue weighted by Gasteiger charge is -2.38. The molecule has 8 heterocycles. The maximum Gasteiger partial charge on any atom is 0.246 e. The number of carbonyl (C=O) groups is 12. The summed E-state index contributed by atoms with van der Waals surface area (Å²) in [4.78, 5) is 191. The monoisotopic (exact) mass is 1870 g/mol. The number of carbonyl (C=O) groups excluding carboxylic acids is 12. The van der Waals surface area contributed by atoms with Gasteiger partial charge in [-0.2, -0.15) is 0 Å². The third kappa shape index (κ3) is 21.1. The SMILES string of the molecule is C.CS(=O)(=O)Cl.CS(=O)(=O)NCC[C@@H]1NC(=O)[C@H](Cc2c[nH]c3ccccc23)NC(=O)C2(CCCC2)NC(=O)[C@H](CC2=CCc3ccccc32)NC(=O)[C@@H]2C[C@@H]3CCCC[C@@H]3N2C(=O)[C@H]2CCCN2C1=O.NCC[C@@H]1NC(=O)[C@H](Cc2c[nH]c3ccccc23)NC(=O)C2(CCCC2)NC(=O)[C@H](CC2=CCc3ccccc32)NC(=O)[C@@H]2C[C@@H]3CCCC[C@@H]3N2C(=O)[C@H]2CCCN2C1=O. The van der Waals surface area contributed by atoms with E-state index in [0.717, 1.165) is 124 Å². The van der Waals surface area contributed by atoms with Crippen molar-refractivity contribution in [2.24, 2.45) is 17.6 Å². The summed E-state index contributed by atoms with van der Waals surface area (Å²) >= 11 is 0. The fraction of sp³-hybridized carbons (Fsp3) is 0.546. The second-order valence-electron chi connectivity index (χ2n) is 37.9. The fourth-order valence-corrected chi connectivity index (χ4v) is 23.4. The van der Waals surface area contributed by atoms with Gasteiger partial charge in [-0.15, -0.1) is 0 Å². The van der Waals surface area contributed by atoms with Crippen LogP contribution in [0, 0.1) is 11.8 Å². The highest BCUT2D eigenvalue weighted by Crippen LogP contribution is 2.45. The fourth-order valence-electron chi connectivity index (χ4n) is 22.9. The number of aromatic amines is 2. The topological polar surface area (TPSA) is 452 Å². The van der Waals surface area contributed by atoms with Crippen molar-refractivity contribution >= 4 is 134 Å². The van der Waals surface area contributed by atoms with Crippen molar-refractivity contribution < 1.29 is 74.4 Å². The van der Waals surface area contributed by atoms with Crippen LogP contribution in [0.15, 0.2) is 122 Å². The Labute approximate surface area is 775 Å². The number of hydrogen-bond acceptors (Lipinski definition) is 17. The molecule has 132 heavy (non-hydrogen) atoms. The number of allylic oxidation sites excluding steroid dienone is 2. The molecule has 6 aliphatic carbocycles. The first-order valence-electron chi connectivity index (χ1n) is 46.8. The van der Waals surface area contributed by atoms with E-state index in [-0.39, 0.29) is 101 Å². The van der Waals surface area contributed by atoms with Gasteiger partial charge in [0.1, 0.15) is 71.5 Å². The Bertz CT molecular complexity index is 5700. The molecule has 6 saturated heterocycles. The first-order chi connectivity index (χ1) is 62.9. The van der Waals surface area contributed by atoms with Crippen molar-refractivity contribution in [1.29, 1.82) is 0 Å². The van der Waals surface area contributed by atoms with Gasteiger partial charge in [0.05, 0.1) is 12.5 Å². The largest absolute Gasteiger partial charge is 0.361 e. The van der Waals surface area contributed by atoms with Crippen LogP contribution >= 0.6 is 10.7 Å². The molecule has 10 fully saturated rings. The number of nitrogens with two attached hydrogens (primary N) is 1. The average molecular weight is 1870 g/mol. The van der Waals surface area contributed by atoms with Gasteiger partial charge in [0.2, 0.25) is 90.0 Å². The summed E-state index contributed by atoms with van der Waals surface area (Å²) < 4.78 is 45.6. The molecule has 4 saturated carbocycles. The second kappa shape index (κ2) is 41.0. The quantitative estimate of drug-likeness (QED) is 0.0506. The van der Waals surface area contributed by atoms with E-state index in [9.17, 15) is 69.6 Å². The Kier molecular flexibility index (Phi) is 29.7. The summed E-state index contributed by atoms with van der Waals surface area (Å²) in [7, 11) is -2.36. The number of benzene rings is 4. The van der Waals surface area contributed by atoms with E-state index in [1.54, 1.807) is 20.9 Å². The Morgan fingerprint density at radius 3 is 1.22 bits per heavy atom. The summed E-state index contributed by atoms with van der Waals surface area (Å²) in [5, 5.41) is 26.1. The molecule has 13 N–H and O–H groups in total. The first kappa shape index (κ1) is 95.8. The molecule has 4 aromatic carbocycles. The van der Waals surface area contributed by atoms with Gasteiger partial charge in [-0.1, -0.05) is 156 Å². The van der Waals surface area contributed by atoms with Crippen LogP contribution in [-0.2, 0) is 102 Å². The molecule has 6 aromatic rings. The number of sulfonamides is 1. The Morgan fingerprint density at radius 1 is 0.424 bits per heavy atom. The zero-order valence-corrected chi connectivity index (χ0v) is 76.7. The van der Waals surface area contributed by atoms with Crippen LogP contribution in [0.25, 0.3) is 33.0 Å². The van der Waals surface area contributed by atoms with Crippen LogP contribution in [0.3, 0.4) is 0 Å². The lowest BCUT2D eigenvalue weighted by molar-refractivity contribution is -0.150. The van der Waals surface area contributed by atoms with Gasteiger partial charge in [0.25, 0.3) is 0 Å². The van der Waals surface area contributed by atoms with Crippen molar-refractivity contribution in [2.45, 2.75) is 284 Å². The minimum Gasteiger partial charge on any atom is -0.361 e. The van der Waals surface area contributed by atoms with Crippen LogP contribution in [0.1, 0.15) is 208 Å². The Hall–Kier alpha value is -10.8. The molecule has 2 spiro atoms. The summed E-state index contributed by atoms with van der Waals surface area (Å²) in [6.45, 7) is 0.455. The van der Waals surface area contributed by atoms with Gasteiger partial charge in [-0.05, 0) is 191 Å². The second-order valence-corrected chi connectivity index (χ2v) is 42.8. The normalized spacial score (nSPS) is 28.2. The molecule has 2 aromatic heterocycles. The minimum absolute atomic E-state index is 0. The number of aromatic nitrogens is 2. The van der Waals surface area contributed by atoms with Crippen molar-refractivity contribution in [3.8, 4) is 0 Å². The van der Waals surface area contributed by atoms with Crippen LogP contribution in [0.5, 0.6) is 0 Å². The summed E-state index contributed by atoms with van der Waals surface area (Å²) in [6, 6.07) is 20.5. The molecular formula is C97H125ClN16O16S2. The summed E-state index contributed by atoms with van der Waals surface area (Å²) in [5.74, 6) is -5.52. The van der Waals surface area contributed by atoms with Gasteiger partial charge in [-0.25, -0.2) is 21.6 Å². The van der Waals surface area contributed by atoms with Gasteiger partial charge in [-0.3, -0.25) is 57.5 Å². The molecule has 12 amide bonds. The van der Waals surface area contributed by atoms with Gasteiger partial charge < -0.3 is 77.8 Å². The number of halogens is 1. The molecule has 0 unspecified atom stereocenters. The highest BCUT2D eigenvalue weighted by atomic mass is 35.7. The zero-order chi connectivity index (χ0) is 92.2. The lowest BCUT2D eigenvalue weighted by atomic mass is 9.84. The molecule has 6 aliphatic heterocycles. The van der Waals surface area contributed by atoms with E-state index in [0.29, 0.717) is 116 Å². The van der Waals surface area contributed by atoms with Crippen molar-refractivity contribution in [3.63, 3.8) is 0 Å². The number of H-pyrrole nitrogens is 2. The highest BCUT2D eigenvalue weighted by Gasteiger charge is 2.56. The number of fused-ring (bicyclic) bond motifs is 12. The van der Waals surface area contributed by atoms with Crippen LogP contribution in [0.4, 0.5) is 0 Å². The van der Waals surface area contributed by atoms with E-state index in [1.165, 1.54) is 4.90 Å². The first-order valence-corrected chi connectivity index (χ1v) is 51.4. The predicted octanol–water partition coefficient (Wildman–Crippen LogP) is 6.68. The molecule has 0 bridgehead atoms. The van der Waals surface area contributed by atoms with E-state index in [4.69, 9.17) is 5.73 Å². The molecule has 35 heteroatoms. The van der Waals surface area contributed by atoms with Crippen LogP contribution in [-0.4, -0.2) is 240 Å². The standard InChI is InChI=1S/C48H60N8O8S.C47H58N8O6.CH3ClO2S.CH4/c1-65(63,64)50-23-20-36-45(60)55-24-10-17-40(55)46(61)56-39-16-7-3-12-31(39)27-41(56)44(59)52-38(25-30-19-18-29-11-2-4-13-33(29)30)43(58)54-48(21-8-9-22-48)47(62)53-37(42(57)51-36)26-32-28-49-35-15-6-5-14-34(32)35;48-22-19-35-44(59)54-23-9-16-39(54)45(60)55-38-15-6-2-11-30(38)26-40(55)43(58)51-37(24-29-18-17-28-10-1-3-12-32(28)29)42(57)53-47(20-7-8-21-47)46(61)52-36(41(56)50-35)25-31-27-49-34-14-5-4-13-33(31)34;1-5(2,3)4;/h2,4-6,11,13-15,19,28,31,36-41,49-50H,3,7-10,12,16-18,20-27H2,1H3,(H,51,57)(H,52,59)(H,53,62)(H,54,58);1,3-5,10,12-14,18,27,30,35-40,49H,2,6-9,11,15-17,19-26,48H2,(H,50,56)(H,51,58)(H,52,61)(H,53,57);1H3;1H4/t31-,36-,37-,38-,39-,40+,41-;30-,35-,36-,37-,38-,39+,40-;;/m00../s1. The van der Waals surface area contributed by atoms with Gasteiger partial charge >= 0.3 is 0 Å². The summed E-state index contributed by atoms with van der Waals surface area (Å²) in [5.41, 5.74) is 12.6. The smallest absolute Gasteiger partial charge is 0.246 e. The maximum atomic E-state index is 15.1. The van der Waals surface area contributed by atoms with Crippen molar-refractivity contribution in [1.82, 2.24) is 76.8 Å². The van der Waals surface area contributed by atoms with E-state index >= 15 is 4.79 Å². The number of hydrogen-bond donors (Lipinski definition) is 12. The van der Waals surface area contributed by atoms with E-state index in [2.05, 4.69) is 86.1 Å². The Balaban J connectivity index is 0.000000191. The third-order valence-corrected chi connectivity index (χ3v) is 30.1. The number of rotatable bonds is 14. The molecule has 708 valence electrons. The predicted molar refractivity (Wildman–Crippen MR) is 500 cm³/mol. The number of amides is 12. The van der Waals surface area contributed by atoms with Crippen LogP contribution < -0.4 is 53.0 Å². The highest BCUT2D eigenvalue weighted by molar-refractivity contribution is 8.13. The molecular weight excluding hydrogens is 1740 g/mol. The molecule has 0 radical (unpaired) electrons. The van der Waals surface area contributed by atoms with Crippen molar-refractivity contribution in [3.05, 3.63) is 155 Å². The lowest BCUT2D eigenvalue weighted by Crippen LogP contribution is -2.65. The summed E-state index contributed by atoms with van der Waals surface area (Å²) in [6.07, 6.45) is 25.2. The number of para-hydroxylation sites is 2. The molecule has 12 aliphatic rings. The molecule has 14 atom stereocenters. The van der Waals surface area contributed by atoms with Crippen molar-refractivity contribution in [2.75, 3.05) is 38.7 Å². The third-order valence-electron chi connectivity index (χ3n) is 29.3. The zero-order valence-electron chi connectivity index (χ0n) is 74.3. The van der Waals surface area contributed by atoms with E-state index < -0.39 is 150 Å². The minimum atomic E-state index is -3.67. The average Bonchev–Trinajstić information content (AvgIpc) is 1.60. The van der Waals surface area contributed by atoms with E-state index in [1.807, 2.05) is 97.2 Å². The number of nitrogens with zero attached hydrogens (tertiary/aromatic N) is 4. The molecule has 32 nitrogen and oxygen atoms in total. The Morgan fingerprint density at radius 2 is 0.803 bits per heavy atom. The maximum absolute atomic E-state index is 15.1.